The molecule has 1 saturated heterocycles. The Hall–Kier alpha value is -3.71. The summed E-state index contributed by atoms with van der Waals surface area (Å²) in [5.74, 6) is -1.26. The molecule has 0 bridgehead atoms. The zero-order chi connectivity index (χ0) is 22.3. The summed E-state index contributed by atoms with van der Waals surface area (Å²) in [6.07, 6.45) is 4.57. The molecule has 1 aromatic carbocycles. The molecule has 10 heteroatoms. The number of aliphatic imine (C=N–C) groups is 1. The van der Waals surface area contributed by atoms with Crippen molar-refractivity contribution in [1.82, 2.24) is 15.4 Å². The summed E-state index contributed by atoms with van der Waals surface area (Å²) in [5, 5.41) is 16.5. The zero-order valence-corrected chi connectivity index (χ0v) is 16.9. The van der Waals surface area contributed by atoms with E-state index in [4.69, 9.17) is 16.0 Å². The Morgan fingerprint density at radius 2 is 2.03 bits per heavy atom. The van der Waals surface area contributed by atoms with E-state index in [1.54, 1.807) is 0 Å². The maximum absolute atomic E-state index is 13.1. The Morgan fingerprint density at radius 1 is 1.32 bits per heavy atom. The number of hydrogen-bond donors (Lipinski definition) is 3. The van der Waals surface area contributed by atoms with Crippen molar-refractivity contribution in [3.8, 4) is 6.07 Å². The fourth-order valence-electron chi connectivity index (χ4n) is 3.42. The minimum absolute atomic E-state index is 0.00772. The number of piperidine rings is 1. The molecule has 162 valence electrons. The number of carbonyl (C=O) groups excluding carboxylic acids is 1. The molecule has 3 rings (SSSR count). The van der Waals surface area contributed by atoms with E-state index in [0.29, 0.717) is 25.1 Å². The van der Waals surface area contributed by atoms with E-state index in [-0.39, 0.29) is 17.8 Å². The molecule has 0 spiro atoms. The van der Waals surface area contributed by atoms with Crippen LogP contribution in [0.15, 0.2) is 57.9 Å². The molecule has 2 aromatic rings. The lowest BCUT2D eigenvalue weighted by Crippen LogP contribution is -2.51. The van der Waals surface area contributed by atoms with Gasteiger partial charge in [-0.2, -0.15) is 5.26 Å². The Kier molecular flexibility index (Phi) is 6.99. The Balaban J connectivity index is 1.72. The second-order valence-electron chi connectivity index (χ2n) is 7.42. The van der Waals surface area contributed by atoms with Gasteiger partial charge in [0.15, 0.2) is 0 Å². The van der Waals surface area contributed by atoms with Crippen LogP contribution in [0.4, 0.5) is 10.1 Å². The molecule has 1 fully saturated rings. The van der Waals surface area contributed by atoms with Crippen LogP contribution in [0.2, 0.25) is 0 Å². The number of nitrogens with two attached hydrogens (primary N) is 2. The Bertz CT molecular complexity index is 986. The molecule has 5 N–H and O–H groups in total. The van der Waals surface area contributed by atoms with Crippen LogP contribution in [0.5, 0.6) is 0 Å². The highest BCUT2D eigenvalue weighted by Crippen LogP contribution is 2.27. The van der Waals surface area contributed by atoms with Crippen LogP contribution in [0.25, 0.3) is 0 Å². The average molecular weight is 425 g/mol. The highest BCUT2D eigenvalue weighted by Gasteiger charge is 2.34. The minimum Gasteiger partial charge on any atom is -0.384 e. The van der Waals surface area contributed by atoms with Gasteiger partial charge >= 0.3 is 0 Å². The lowest BCUT2D eigenvalue weighted by Gasteiger charge is -2.40. The van der Waals surface area contributed by atoms with Crippen molar-refractivity contribution < 1.29 is 13.7 Å². The number of nitriles is 1. The summed E-state index contributed by atoms with van der Waals surface area (Å²) in [7, 11) is 0. The molecule has 0 unspecified atom stereocenters. The number of amides is 1. The smallest absolute Gasteiger partial charge is 0.253 e. The van der Waals surface area contributed by atoms with Gasteiger partial charge in [0.25, 0.3) is 5.91 Å². The molecule has 31 heavy (non-hydrogen) atoms. The SMILES string of the molecule is N#CCC1(N/C=C(/C(N)=O)C(N)=Nc2ccc(F)cc2)CCN(Cc2ccon2)CC1. The van der Waals surface area contributed by atoms with Crippen molar-refractivity contribution in [2.45, 2.75) is 31.3 Å². The van der Waals surface area contributed by atoms with Gasteiger partial charge in [-0.25, -0.2) is 9.38 Å². The molecular weight excluding hydrogens is 401 g/mol. The maximum Gasteiger partial charge on any atom is 0.253 e. The van der Waals surface area contributed by atoms with E-state index < -0.39 is 17.3 Å². The van der Waals surface area contributed by atoms with Crippen molar-refractivity contribution >= 4 is 17.4 Å². The first-order valence-corrected chi connectivity index (χ1v) is 9.77. The van der Waals surface area contributed by atoms with Crippen molar-refractivity contribution in [2.75, 3.05) is 13.1 Å². The molecule has 0 saturated carbocycles. The van der Waals surface area contributed by atoms with Gasteiger partial charge in [0, 0.05) is 31.9 Å². The summed E-state index contributed by atoms with van der Waals surface area (Å²) in [6.45, 7) is 2.14. The van der Waals surface area contributed by atoms with Gasteiger partial charge in [-0.15, -0.1) is 0 Å². The Morgan fingerprint density at radius 3 is 2.61 bits per heavy atom. The van der Waals surface area contributed by atoms with Crippen LogP contribution in [0, 0.1) is 17.1 Å². The first-order chi connectivity index (χ1) is 14.9. The van der Waals surface area contributed by atoms with E-state index in [1.807, 2.05) is 6.07 Å². The number of halogens is 1. The molecular formula is C21H24FN7O2. The number of hydrogen-bond acceptors (Lipinski definition) is 7. The number of likely N-dealkylation sites (tertiary alicyclic amines) is 1. The summed E-state index contributed by atoms with van der Waals surface area (Å²) >= 11 is 0. The Labute approximate surface area is 179 Å². The van der Waals surface area contributed by atoms with Gasteiger partial charge in [-0.3, -0.25) is 9.69 Å². The van der Waals surface area contributed by atoms with Crippen LogP contribution >= 0.6 is 0 Å². The van der Waals surface area contributed by atoms with E-state index in [1.165, 1.54) is 36.7 Å². The number of carbonyl (C=O) groups is 1. The maximum atomic E-state index is 13.1. The van der Waals surface area contributed by atoms with Gasteiger partial charge in [0.05, 0.1) is 35.0 Å². The largest absolute Gasteiger partial charge is 0.384 e. The molecule has 1 amide bonds. The zero-order valence-electron chi connectivity index (χ0n) is 16.9. The van der Waals surface area contributed by atoms with Crippen LogP contribution in [0.3, 0.4) is 0 Å². The molecule has 0 radical (unpaired) electrons. The monoisotopic (exact) mass is 425 g/mol. The lowest BCUT2D eigenvalue weighted by atomic mass is 9.84. The molecule has 0 aliphatic carbocycles. The fraction of sp³-hybridized carbons (Fsp3) is 0.333. The number of aromatic nitrogens is 1. The molecule has 2 heterocycles. The number of nitrogens with one attached hydrogen (secondary N) is 1. The molecule has 1 aliphatic heterocycles. The predicted molar refractivity (Wildman–Crippen MR) is 112 cm³/mol. The summed E-state index contributed by atoms with van der Waals surface area (Å²) in [4.78, 5) is 18.3. The average Bonchev–Trinajstić information content (AvgIpc) is 3.25. The van der Waals surface area contributed by atoms with Gasteiger partial charge in [0.1, 0.15) is 17.9 Å². The van der Waals surface area contributed by atoms with E-state index in [0.717, 1.165) is 18.8 Å². The van der Waals surface area contributed by atoms with Gasteiger partial charge < -0.3 is 21.3 Å². The number of benzene rings is 1. The summed E-state index contributed by atoms with van der Waals surface area (Å²) < 4.78 is 17.9. The topological polar surface area (TPSA) is 147 Å². The second-order valence-corrected chi connectivity index (χ2v) is 7.42. The molecule has 9 nitrogen and oxygen atoms in total. The third kappa shape index (κ3) is 5.90. The molecule has 1 aliphatic rings. The lowest BCUT2D eigenvalue weighted by molar-refractivity contribution is -0.114. The van der Waals surface area contributed by atoms with E-state index in [2.05, 4.69) is 26.4 Å². The van der Waals surface area contributed by atoms with Crippen LogP contribution in [0.1, 0.15) is 25.0 Å². The van der Waals surface area contributed by atoms with Crippen molar-refractivity contribution in [3.05, 3.63) is 59.9 Å². The first-order valence-electron chi connectivity index (χ1n) is 9.77. The van der Waals surface area contributed by atoms with Crippen molar-refractivity contribution in [2.24, 2.45) is 16.5 Å². The van der Waals surface area contributed by atoms with Crippen molar-refractivity contribution in [1.29, 1.82) is 5.26 Å². The van der Waals surface area contributed by atoms with Gasteiger partial charge in [-0.05, 0) is 37.1 Å². The van der Waals surface area contributed by atoms with Crippen molar-refractivity contribution in [3.63, 3.8) is 0 Å². The number of amidine groups is 1. The number of primary amides is 1. The van der Waals surface area contributed by atoms with Crippen LogP contribution in [-0.4, -0.2) is 40.4 Å². The molecule has 1 aromatic heterocycles. The van der Waals surface area contributed by atoms with E-state index in [9.17, 15) is 14.4 Å². The quantitative estimate of drug-likeness (QED) is 0.331. The van der Waals surface area contributed by atoms with Crippen LogP contribution < -0.4 is 16.8 Å². The van der Waals surface area contributed by atoms with Crippen LogP contribution in [-0.2, 0) is 11.3 Å². The van der Waals surface area contributed by atoms with E-state index >= 15 is 0 Å². The van der Waals surface area contributed by atoms with Gasteiger partial charge in [0.2, 0.25) is 0 Å². The second kappa shape index (κ2) is 9.86. The number of nitrogens with zero attached hydrogens (tertiary/aromatic N) is 4. The third-order valence-electron chi connectivity index (χ3n) is 5.25. The van der Waals surface area contributed by atoms with Gasteiger partial charge in [-0.1, -0.05) is 5.16 Å². The molecule has 0 atom stereocenters. The normalized spacial score (nSPS) is 17.2. The standard InChI is InChI=1S/C21H24FN7O2/c22-15-1-3-16(4-2-15)27-19(24)18(20(25)30)13-26-21(6-9-23)7-10-29(11-8-21)14-17-5-12-31-28-17/h1-5,12-13,26H,6-8,10-11,14H2,(H2,24,27)(H2,25,30)/b18-13+. The minimum atomic E-state index is -0.758. The highest BCUT2D eigenvalue weighted by molar-refractivity contribution is 6.20. The third-order valence-corrected chi connectivity index (χ3v) is 5.25. The summed E-state index contributed by atoms with van der Waals surface area (Å²) in [5.41, 5.74) is 12.2. The highest BCUT2D eigenvalue weighted by atomic mass is 19.1. The summed E-state index contributed by atoms with van der Waals surface area (Å²) in [6, 6.07) is 9.40. The predicted octanol–water partition coefficient (Wildman–Crippen LogP) is 1.71. The fourth-order valence-corrected chi connectivity index (χ4v) is 3.42. The first kappa shape index (κ1) is 22.0. The number of rotatable bonds is 8.